The molecule has 10 heteroatoms. The number of nitriles is 1. The van der Waals surface area contributed by atoms with Crippen molar-refractivity contribution in [3.05, 3.63) is 71.7 Å². The highest BCUT2D eigenvalue weighted by molar-refractivity contribution is 5.94. The lowest BCUT2D eigenvalue weighted by Crippen LogP contribution is -2.42. The standard InChI is InChI=1S/C27H25FN6O3/c1-16(35)34-24-6-4-18(19-3-5-22(30-14-19)27(37)33-9-8-20(36)15-33)10-21(24)23(11-25(34)28)32-26-7-2-17(12-29)13-31-26/h2-7,10,13-14,20,23,25,36H,8-9,11,15H2,1H3,(H,31,32)/t20?,23-,25-/m1/s1. The summed E-state index contributed by atoms with van der Waals surface area (Å²) < 4.78 is 15.1. The third-order valence-corrected chi connectivity index (χ3v) is 6.69. The summed E-state index contributed by atoms with van der Waals surface area (Å²) in [5.41, 5.74) is 3.45. The molecule has 2 N–H and O–H groups in total. The number of amides is 2. The van der Waals surface area contributed by atoms with Crippen LogP contribution < -0.4 is 10.2 Å². The second-order valence-corrected chi connectivity index (χ2v) is 9.20. The molecule has 2 aromatic heterocycles. The topological polar surface area (TPSA) is 122 Å². The number of anilines is 2. The Morgan fingerprint density at radius 1 is 1.14 bits per heavy atom. The SMILES string of the molecule is CC(=O)N1c2ccc(-c3ccc(C(=O)N4CCC(O)C4)nc3)cc2[C@H](Nc2ccc(C#N)cn2)C[C@@H]1F. The number of pyridine rings is 2. The third-order valence-electron chi connectivity index (χ3n) is 6.69. The van der Waals surface area contributed by atoms with Gasteiger partial charge < -0.3 is 15.3 Å². The molecule has 3 aromatic rings. The van der Waals surface area contributed by atoms with Crippen LogP contribution in [-0.2, 0) is 4.79 Å². The summed E-state index contributed by atoms with van der Waals surface area (Å²) in [6, 6.07) is 13.7. The fraction of sp³-hybridized carbons (Fsp3) is 0.296. The second kappa shape index (κ2) is 9.95. The maximum absolute atomic E-state index is 15.1. The highest BCUT2D eigenvalue weighted by atomic mass is 19.1. The summed E-state index contributed by atoms with van der Waals surface area (Å²) in [4.78, 5) is 36.2. The van der Waals surface area contributed by atoms with Gasteiger partial charge in [-0.05, 0) is 47.9 Å². The molecule has 0 spiro atoms. The van der Waals surface area contributed by atoms with Gasteiger partial charge in [0, 0.05) is 44.4 Å². The Hall–Kier alpha value is -4.36. The van der Waals surface area contributed by atoms with Crippen LogP contribution >= 0.6 is 0 Å². The fourth-order valence-corrected chi connectivity index (χ4v) is 4.82. The lowest BCUT2D eigenvalue weighted by molar-refractivity contribution is -0.117. The van der Waals surface area contributed by atoms with E-state index in [-0.39, 0.29) is 12.3 Å². The first kappa shape index (κ1) is 24.3. The van der Waals surface area contributed by atoms with Crippen molar-refractivity contribution in [1.82, 2.24) is 14.9 Å². The largest absolute Gasteiger partial charge is 0.391 e. The van der Waals surface area contributed by atoms with Crippen molar-refractivity contribution in [2.75, 3.05) is 23.3 Å². The number of nitrogens with one attached hydrogen (secondary N) is 1. The number of aliphatic hydroxyl groups is 1. The zero-order valence-corrected chi connectivity index (χ0v) is 20.1. The quantitative estimate of drug-likeness (QED) is 0.526. The highest BCUT2D eigenvalue weighted by Crippen LogP contribution is 2.41. The van der Waals surface area contributed by atoms with Gasteiger partial charge >= 0.3 is 0 Å². The molecule has 0 aliphatic carbocycles. The van der Waals surface area contributed by atoms with E-state index in [1.54, 1.807) is 47.5 Å². The fourth-order valence-electron chi connectivity index (χ4n) is 4.82. The minimum absolute atomic E-state index is 0.0189. The Morgan fingerprint density at radius 2 is 1.95 bits per heavy atom. The molecule has 3 atom stereocenters. The van der Waals surface area contributed by atoms with Crippen LogP contribution in [-0.4, -0.2) is 57.3 Å². The summed E-state index contributed by atoms with van der Waals surface area (Å²) in [6.45, 7) is 2.13. The number of likely N-dealkylation sites (tertiary alicyclic amines) is 1. The Balaban J connectivity index is 1.45. The number of rotatable bonds is 4. The summed E-state index contributed by atoms with van der Waals surface area (Å²) in [7, 11) is 0. The molecule has 0 saturated carbocycles. The van der Waals surface area contributed by atoms with E-state index in [0.29, 0.717) is 42.3 Å². The number of hydrogen-bond acceptors (Lipinski definition) is 7. The van der Waals surface area contributed by atoms with Gasteiger partial charge in [0.15, 0.2) is 6.30 Å². The number of carbonyl (C=O) groups is 2. The van der Waals surface area contributed by atoms with Crippen LogP contribution in [0.5, 0.6) is 0 Å². The molecule has 0 bridgehead atoms. The number of nitrogens with zero attached hydrogens (tertiary/aromatic N) is 5. The summed E-state index contributed by atoms with van der Waals surface area (Å²) in [6.07, 6.45) is 1.61. The number of aromatic nitrogens is 2. The monoisotopic (exact) mass is 500 g/mol. The van der Waals surface area contributed by atoms with E-state index < -0.39 is 24.3 Å². The first-order valence-corrected chi connectivity index (χ1v) is 12.0. The average molecular weight is 501 g/mol. The first-order chi connectivity index (χ1) is 17.8. The van der Waals surface area contributed by atoms with E-state index in [1.807, 2.05) is 12.1 Å². The third kappa shape index (κ3) is 4.86. The molecule has 5 rings (SSSR count). The number of alkyl halides is 1. The number of aliphatic hydroxyl groups excluding tert-OH is 1. The minimum Gasteiger partial charge on any atom is -0.391 e. The van der Waals surface area contributed by atoms with Gasteiger partial charge in [0.25, 0.3) is 5.91 Å². The predicted octanol–water partition coefficient (Wildman–Crippen LogP) is 3.43. The number of benzene rings is 1. The van der Waals surface area contributed by atoms with Gasteiger partial charge in [-0.15, -0.1) is 0 Å². The van der Waals surface area contributed by atoms with Gasteiger partial charge in [0.1, 0.15) is 17.6 Å². The molecule has 0 radical (unpaired) electrons. The number of carbonyl (C=O) groups excluding carboxylic acids is 2. The van der Waals surface area contributed by atoms with Crippen molar-refractivity contribution in [1.29, 1.82) is 5.26 Å². The molecule has 1 fully saturated rings. The van der Waals surface area contributed by atoms with Crippen LogP contribution in [0.4, 0.5) is 15.9 Å². The molecule has 2 aliphatic rings. The van der Waals surface area contributed by atoms with E-state index in [4.69, 9.17) is 5.26 Å². The second-order valence-electron chi connectivity index (χ2n) is 9.20. The van der Waals surface area contributed by atoms with Gasteiger partial charge in [-0.2, -0.15) is 5.26 Å². The number of β-amino-alcohol motifs (C(OH)–C–C–N with tert-alkyl or cyclic N) is 1. The molecule has 2 amide bonds. The highest BCUT2D eigenvalue weighted by Gasteiger charge is 2.35. The molecule has 2 aliphatic heterocycles. The average Bonchev–Trinajstić information content (AvgIpc) is 3.34. The summed E-state index contributed by atoms with van der Waals surface area (Å²) >= 11 is 0. The predicted molar refractivity (Wildman–Crippen MR) is 134 cm³/mol. The van der Waals surface area contributed by atoms with E-state index in [1.165, 1.54) is 13.1 Å². The van der Waals surface area contributed by atoms with Gasteiger partial charge in [-0.1, -0.05) is 12.1 Å². The maximum atomic E-state index is 15.1. The van der Waals surface area contributed by atoms with E-state index >= 15 is 4.39 Å². The molecule has 37 heavy (non-hydrogen) atoms. The molecular formula is C27H25FN6O3. The number of fused-ring (bicyclic) bond motifs is 1. The summed E-state index contributed by atoms with van der Waals surface area (Å²) in [5, 5.41) is 22.0. The van der Waals surface area contributed by atoms with Crippen LogP contribution in [0.3, 0.4) is 0 Å². The van der Waals surface area contributed by atoms with Crippen LogP contribution in [0.2, 0.25) is 0 Å². The van der Waals surface area contributed by atoms with Crippen LogP contribution in [0.25, 0.3) is 11.1 Å². The Morgan fingerprint density at radius 3 is 2.57 bits per heavy atom. The molecule has 9 nitrogen and oxygen atoms in total. The molecule has 188 valence electrons. The molecule has 1 saturated heterocycles. The number of halogens is 1. The van der Waals surface area contributed by atoms with Crippen LogP contribution in [0.1, 0.15) is 47.4 Å². The minimum atomic E-state index is -1.51. The Labute approximate surface area is 213 Å². The first-order valence-electron chi connectivity index (χ1n) is 12.0. The van der Waals surface area contributed by atoms with Gasteiger partial charge in [-0.3, -0.25) is 19.5 Å². The van der Waals surface area contributed by atoms with Crippen molar-refractivity contribution in [3.8, 4) is 17.2 Å². The molecule has 1 unspecified atom stereocenters. The lowest BCUT2D eigenvalue weighted by Gasteiger charge is -2.37. The van der Waals surface area contributed by atoms with Crippen molar-refractivity contribution in [3.63, 3.8) is 0 Å². The summed E-state index contributed by atoms with van der Waals surface area (Å²) in [5.74, 6) is -0.132. The number of hydrogen-bond donors (Lipinski definition) is 2. The van der Waals surface area contributed by atoms with Gasteiger partial charge in [0.05, 0.1) is 23.4 Å². The van der Waals surface area contributed by atoms with Crippen molar-refractivity contribution in [2.45, 2.75) is 38.2 Å². The maximum Gasteiger partial charge on any atom is 0.272 e. The van der Waals surface area contributed by atoms with E-state index in [9.17, 15) is 14.7 Å². The molecular weight excluding hydrogens is 475 g/mol. The zero-order valence-electron chi connectivity index (χ0n) is 20.1. The lowest BCUT2D eigenvalue weighted by atomic mass is 9.92. The molecule has 1 aromatic carbocycles. The van der Waals surface area contributed by atoms with Gasteiger partial charge in [0.2, 0.25) is 5.91 Å². The van der Waals surface area contributed by atoms with E-state index in [0.717, 1.165) is 21.6 Å². The Bertz CT molecular complexity index is 1370. The van der Waals surface area contributed by atoms with Crippen molar-refractivity contribution >= 4 is 23.3 Å². The zero-order chi connectivity index (χ0) is 26.1. The van der Waals surface area contributed by atoms with Crippen LogP contribution in [0.15, 0.2) is 54.9 Å². The normalized spacial score (nSPS) is 20.8. The van der Waals surface area contributed by atoms with Gasteiger partial charge in [-0.25, -0.2) is 9.37 Å². The van der Waals surface area contributed by atoms with Crippen molar-refractivity contribution < 1.29 is 19.1 Å². The van der Waals surface area contributed by atoms with Crippen LogP contribution in [0, 0.1) is 11.3 Å². The smallest absolute Gasteiger partial charge is 0.272 e. The van der Waals surface area contributed by atoms with Crippen molar-refractivity contribution in [2.24, 2.45) is 0 Å². The molecule has 4 heterocycles. The van der Waals surface area contributed by atoms with E-state index in [2.05, 4.69) is 15.3 Å². The Kier molecular flexibility index (Phi) is 6.54.